The summed E-state index contributed by atoms with van der Waals surface area (Å²) in [6, 6.07) is 13.7. The Morgan fingerprint density at radius 1 is 1.03 bits per heavy atom. The number of benzene rings is 2. The van der Waals surface area contributed by atoms with Gasteiger partial charge < -0.3 is 19.5 Å². The maximum Gasteiger partial charge on any atom is 0.332 e. The van der Waals surface area contributed by atoms with Crippen molar-refractivity contribution >= 4 is 11.7 Å². The molecular formula is C24H30N2O4. The number of unbranched alkanes of at least 4 members (excludes halogenated alkanes) is 3. The molecular weight excluding hydrogens is 380 g/mol. The Morgan fingerprint density at radius 2 is 1.73 bits per heavy atom. The molecule has 0 saturated carbocycles. The Hall–Kier alpha value is -3.20. The zero-order chi connectivity index (χ0) is 21.8. The first-order valence-corrected chi connectivity index (χ1v) is 10.4. The molecule has 6 nitrogen and oxygen atoms in total. The Bertz CT molecular complexity index is 843. The lowest BCUT2D eigenvalue weighted by Crippen LogP contribution is -2.22. The smallest absolute Gasteiger partial charge is 0.332 e. The second-order valence-electron chi connectivity index (χ2n) is 6.87. The summed E-state index contributed by atoms with van der Waals surface area (Å²) in [5.41, 5.74) is 1.93. The van der Waals surface area contributed by atoms with Gasteiger partial charge in [-0.25, -0.2) is 4.79 Å². The SMILES string of the molecule is CCCCCCOc1cc(OCC)cc(C(Nc2ccc(C#N)cc2)C(=O)OC)c1. The minimum absolute atomic E-state index is 0.429. The van der Waals surface area contributed by atoms with Crippen molar-refractivity contribution < 1.29 is 19.0 Å². The van der Waals surface area contributed by atoms with Gasteiger partial charge >= 0.3 is 5.97 Å². The second-order valence-corrected chi connectivity index (χ2v) is 6.87. The monoisotopic (exact) mass is 410 g/mol. The summed E-state index contributed by atoms with van der Waals surface area (Å²) in [5.74, 6) is 0.860. The summed E-state index contributed by atoms with van der Waals surface area (Å²) in [6.45, 7) is 5.20. The van der Waals surface area contributed by atoms with Gasteiger partial charge in [0.25, 0.3) is 0 Å². The lowest BCUT2D eigenvalue weighted by molar-refractivity contribution is -0.141. The molecule has 0 aliphatic heterocycles. The largest absolute Gasteiger partial charge is 0.494 e. The standard InChI is InChI=1S/C24H30N2O4/c1-4-6-7-8-13-30-22-15-19(14-21(16-22)29-5-2)23(24(27)28-3)26-20-11-9-18(17-25)10-12-20/h9-12,14-16,23,26H,4-8,13H2,1-3H3. The Morgan fingerprint density at radius 3 is 2.33 bits per heavy atom. The van der Waals surface area contributed by atoms with Crippen LogP contribution in [-0.4, -0.2) is 26.3 Å². The molecule has 0 aliphatic rings. The summed E-state index contributed by atoms with van der Waals surface area (Å²) in [4.78, 5) is 12.5. The number of hydrogen-bond acceptors (Lipinski definition) is 6. The van der Waals surface area contributed by atoms with Crippen LogP contribution in [0.1, 0.15) is 56.7 Å². The average molecular weight is 411 g/mol. The zero-order valence-electron chi connectivity index (χ0n) is 17.9. The number of nitrogens with zero attached hydrogens (tertiary/aromatic N) is 1. The molecule has 0 radical (unpaired) electrons. The molecule has 0 bridgehead atoms. The van der Waals surface area contributed by atoms with Crippen LogP contribution in [0, 0.1) is 11.3 Å². The Kier molecular flexibility index (Phi) is 9.53. The number of nitrogens with one attached hydrogen (secondary N) is 1. The minimum atomic E-state index is -0.745. The fourth-order valence-electron chi connectivity index (χ4n) is 3.02. The first kappa shape index (κ1) is 23.1. The molecule has 2 aromatic carbocycles. The van der Waals surface area contributed by atoms with E-state index in [0.29, 0.717) is 41.5 Å². The van der Waals surface area contributed by atoms with Gasteiger partial charge in [0.05, 0.1) is 32.0 Å². The van der Waals surface area contributed by atoms with E-state index in [9.17, 15) is 4.79 Å². The van der Waals surface area contributed by atoms with Crippen molar-refractivity contribution in [2.75, 3.05) is 25.6 Å². The van der Waals surface area contributed by atoms with Gasteiger partial charge in [0.2, 0.25) is 0 Å². The maximum atomic E-state index is 12.5. The molecule has 0 heterocycles. The molecule has 1 N–H and O–H groups in total. The zero-order valence-corrected chi connectivity index (χ0v) is 17.9. The van der Waals surface area contributed by atoms with Crippen LogP contribution in [0.15, 0.2) is 42.5 Å². The molecule has 0 aromatic heterocycles. The van der Waals surface area contributed by atoms with Gasteiger partial charge in [-0.15, -0.1) is 0 Å². The maximum absolute atomic E-state index is 12.5. The number of methoxy groups -OCH3 is 1. The van der Waals surface area contributed by atoms with E-state index in [-0.39, 0.29) is 0 Å². The second kappa shape index (κ2) is 12.4. The molecule has 0 spiro atoms. The number of anilines is 1. The van der Waals surface area contributed by atoms with Crippen LogP contribution in [-0.2, 0) is 9.53 Å². The highest BCUT2D eigenvalue weighted by Crippen LogP contribution is 2.30. The van der Waals surface area contributed by atoms with Crippen molar-refractivity contribution in [3.63, 3.8) is 0 Å². The first-order chi connectivity index (χ1) is 14.6. The Balaban J connectivity index is 2.26. The van der Waals surface area contributed by atoms with Crippen molar-refractivity contribution in [2.24, 2.45) is 0 Å². The van der Waals surface area contributed by atoms with Crippen LogP contribution < -0.4 is 14.8 Å². The van der Waals surface area contributed by atoms with E-state index in [1.807, 2.05) is 25.1 Å². The van der Waals surface area contributed by atoms with Crippen molar-refractivity contribution in [1.82, 2.24) is 0 Å². The molecule has 2 aromatic rings. The van der Waals surface area contributed by atoms with Gasteiger partial charge in [-0.05, 0) is 55.3 Å². The van der Waals surface area contributed by atoms with Crippen molar-refractivity contribution in [2.45, 2.75) is 45.6 Å². The van der Waals surface area contributed by atoms with Gasteiger partial charge in [0, 0.05) is 11.8 Å². The number of carbonyl (C=O) groups excluding carboxylic acids is 1. The van der Waals surface area contributed by atoms with E-state index in [2.05, 4.69) is 18.3 Å². The third-order valence-corrected chi connectivity index (χ3v) is 4.58. The molecule has 0 fully saturated rings. The summed E-state index contributed by atoms with van der Waals surface area (Å²) in [5, 5.41) is 12.2. The molecule has 30 heavy (non-hydrogen) atoms. The number of ether oxygens (including phenoxy) is 3. The minimum Gasteiger partial charge on any atom is -0.494 e. The summed E-state index contributed by atoms with van der Waals surface area (Å²) < 4.78 is 16.6. The van der Waals surface area contributed by atoms with Gasteiger partial charge in [-0.2, -0.15) is 5.26 Å². The number of hydrogen-bond donors (Lipinski definition) is 1. The topological polar surface area (TPSA) is 80.6 Å². The van der Waals surface area contributed by atoms with Crippen LogP contribution in [0.25, 0.3) is 0 Å². The lowest BCUT2D eigenvalue weighted by atomic mass is 10.1. The third-order valence-electron chi connectivity index (χ3n) is 4.58. The summed E-state index contributed by atoms with van der Waals surface area (Å²) >= 11 is 0. The van der Waals surface area contributed by atoms with Crippen LogP contribution in [0.2, 0.25) is 0 Å². The predicted molar refractivity (Wildman–Crippen MR) is 117 cm³/mol. The van der Waals surface area contributed by atoms with Crippen LogP contribution in [0.3, 0.4) is 0 Å². The van der Waals surface area contributed by atoms with Crippen molar-refractivity contribution in [3.05, 3.63) is 53.6 Å². The number of esters is 1. The quantitative estimate of drug-likeness (QED) is 0.381. The van der Waals surface area contributed by atoms with E-state index in [4.69, 9.17) is 19.5 Å². The highest BCUT2D eigenvalue weighted by atomic mass is 16.5. The van der Waals surface area contributed by atoms with Gasteiger partial charge in [0.1, 0.15) is 11.5 Å². The van der Waals surface area contributed by atoms with E-state index in [0.717, 1.165) is 12.8 Å². The highest BCUT2D eigenvalue weighted by Gasteiger charge is 2.23. The van der Waals surface area contributed by atoms with Gasteiger partial charge in [-0.3, -0.25) is 0 Å². The fraction of sp³-hybridized carbons (Fsp3) is 0.417. The molecule has 1 atom stereocenters. The molecule has 0 amide bonds. The lowest BCUT2D eigenvalue weighted by Gasteiger charge is -2.20. The Labute approximate surface area is 178 Å². The molecule has 2 rings (SSSR count). The predicted octanol–water partition coefficient (Wildman–Crippen LogP) is 5.24. The highest BCUT2D eigenvalue weighted by molar-refractivity contribution is 5.81. The van der Waals surface area contributed by atoms with E-state index < -0.39 is 12.0 Å². The van der Waals surface area contributed by atoms with Crippen LogP contribution in [0.4, 0.5) is 5.69 Å². The van der Waals surface area contributed by atoms with Crippen LogP contribution in [0.5, 0.6) is 11.5 Å². The third kappa shape index (κ3) is 7.00. The van der Waals surface area contributed by atoms with Gasteiger partial charge in [-0.1, -0.05) is 26.2 Å². The summed E-state index contributed by atoms with van der Waals surface area (Å²) in [7, 11) is 1.35. The average Bonchev–Trinajstić information content (AvgIpc) is 2.77. The van der Waals surface area contributed by atoms with Gasteiger partial charge in [0.15, 0.2) is 6.04 Å². The number of carbonyl (C=O) groups is 1. The molecule has 1 unspecified atom stereocenters. The molecule has 160 valence electrons. The number of rotatable bonds is 12. The molecule has 6 heteroatoms. The van der Waals surface area contributed by atoms with Crippen LogP contribution >= 0.6 is 0 Å². The summed E-state index contributed by atoms with van der Waals surface area (Å²) in [6.07, 6.45) is 4.46. The molecule has 0 aliphatic carbocycles. The molecule has 0 saturated heterocycles. The number of nitriles is 1. The van der Waals surface area contributed by atoms with E-state index >= 15 is 0 Å². The van der Waals surface area contributed by atoms with Crippen molar-refractivity contribution in [1.29, 1.82) is 5.26 Å². The first-order valence-electron chi connectivity index (χ1n) is 10.4. The van der Waals surface area contributed by atoms with E-state index in [1.165, 1.54) is 20.0 Å². The van der Waals surface area contributed by atoms with Crippen molar-refractivity contribution in [3.8, 4) is 17.6 Å². The normalized spacial score (nSPS) is 11.3. The van der Waals surface area contributed by atoms with E-state index in [1.54, 1.807) is 24.3 Å². The fourth-order valence-corrected chi connectivity index (χ4v) is 3.02.